The van der Waals surface area contributed by atoms with Gasteiger partial charge in [0.05, 0.1) is 37.1 Å². The number of aliphatic hydroxyl groups is 10. The van der Waals surface area contributed by atoms with Crippen molar-refractivity contribution in [2.24, 2.45) is 5.92 Å². The highest BCUT2D eigenvalue weighted by Crippen LogP contribution is 2.37. The second kappa shape index (κ2) is 29.1. The van der Waals surface area contributed by atoms with Crippen molar-refractivity contribution in [3.05, 3.63) is 24.3 Å². The number of carbonyl (C=O) groups is 5. The van der Waals surface area contributed by atoms with Gasteiger partial charge in [0, 0.05) is 38.9 Å². The number of hydrogen-bond donors (Lipinski definition) is 15. The molecule has 0 spiro atoms. The smallest absolute Gasteiger partial charge is 0.247 e. The lowest BCUT2D eigenvalue weighted by molar-refractivity contribution is -0.375. The maximum Gasteiger partial charge on any atom is 0.247 e. The Kier molecular flexibility index (Phi) is 24.5. The van der Waals surface area contributed by atoms with E-state index in [1.54, 1.807) is 18.2 Å². The van der Waals surface area contributed by atoms with Crippen LogP contribution in [0.25, 0.3) is 0 Å². The lowest BCUT2D eigenvalue weighted by Gasteiger charge is -2.50. The maximum absolute atomic E-state index is 12.7. The van der Waals surface area contributed by atoms with Crippen molar-refractivity contribution in [1.82, 2.24) is 27.0 Å². The van der Waals surface area contributed by atoms with Crippen LogP contribution < -0.4 is 27.0 Å². The summed E-state index contributed by atoms with van der Waals surface area (Å²) in [5.74, 6) is -4.35. The lowest BCUT2D eigenvalue weighted by Crippen LogP contribution is -2.68. The number of hydrazine groups is 2. The van der Waals surface area contributed by atoms with Crippen LogP contribution in [0.1, 0.15) is 79.1 Å². The number of unbranched alkanes of at least 4 members (excludes halogenated alkanes) is 2. The van der Waals surface area contributed by atoms with Crippen molar-refractivity contribution >= 4 is 29.5 Å². The van der Waals surface area contributed by atoms with E-state index in [2.05, 4.69) is 27.0 Å². The summed E-state index contributed by atoms with van der Waals surface area (Å²) in [6.45, 7) is 4.33. The third kappa shape index (κ3) is 17.1. The van der Waals surface area contributed by atoms with E-state index in [1.807, 2.05) is 13.0 Å². The average molecular weight is 1020 g/mol. The number of allylic oxidation sites excluding steroid dienone is 4. The molecule has 3 heterocycles. The molecule has 15 N–H and O–H groups in total. The minimum absolute atomic E-state index is 0.00218. The van der Waals surface area contributed by atoms with Crippen LogP contribution in [0.3, 0.4) is 0 Å². The van der Waals surface area contributed by atoms with Crippen molar-refractivity contribution in [1.29, 1.82) is 0 Å². The van der Waals surface area contributed by atoms with Crippen molar-refractivity contribution in [2.75, 3.05) is 19.8 Å². The van der Waals surface area contributed by atoms with E-state index >= 15 is 0 Å². The van der Waals surface area contributed by atoms with E-state index in [4.69, 9.17) is 33.2 Å². The molecule has 20 atom stereocenters. The number of amides is 5. The van der Waals surface area contributed by atoms with Crippen molar-refractivity contribution in [3.8, 4) is 0 Å². The van der Waals surface area contributed by atoms with Crippen molar-refractivity contribution in [3.63, 3.8) is 0 Å². The van der Waals surface area contributed by atoms with E-state index < -0.39 is 172 Å². The minimum Gasteiger partial charge on any atom is -0.396 e. The molecule has 5 amide bonds. The first kappa shape index (κ1) is 59.7. The van der Waals surface area contributed by atoms with Gasteiger partial charge < -0.3 is 89.5 Å². The lowest BCUT2D eigenvalue weighted by atomic mass is 9.79. The van der Waals surface area contributed by atoms with Crippen LogP contribution in [0.5, 0.6) is 0 Å². The SMILES string of the molecule is C/C=C/C=C/CCC(=O)NNC(=O)CC(=O)NNC(=O)CCCCCO[C@@H]1OC(C)[C@H](O)[C@@H](O[C@H]2C[C@H](CO)[C@@H](O)C(O[C@@H]3OC(CO)[C@H](O)[C@H](O)C3O[C@@H]3OC(C)[C@H](O)[C@@H](O)C3O)C2NC(C)=O)C1O. The Morgan fingerprint density at radius 1 is 0.592 bits per heavy atom. The van der Waals surface area contributed by atoms with Crippen molar-refractivity contribution < 1.29 is 108 Å². The van der Waals surface area contributed by atoms with Gasteiger partial charge in [-0.1, -0.05) is 30.7 Å². The molecule has 0 bridgehead atoms. The van der Waals surface area contributed by atoms with Crippen LogP contribution in [0.15, 0.2) is 24.3 Å². The average Bonchev–Trinajstić information content (AvgIpc) is 3.33. The monoisotopic (exact) mass is 1020 g/mol. The van der Waals surface area contributed by atoms with Crippen LogP contribution >= 0.6 is 0 Å². The first-order chi connectivity index (χ1) is 33.7. The van der Waals surface area contributed by atoms with E-state index in [1.165, 1.54) is 13.8 Å². The Labute approximate surface area is 409 Å². The molecule has 27 heteroatoms. The van der Waals surface area contributed by atoms with Crippen molar-refractivity contribution in [2.45, 2.75) is 196 Å². The summed E-state index contributed by atoms with van der Waals surface area (Å²) in [6.07, 6.45) is -20.4. The molecule has 27 nitrogen and oxygen atoms in total. The van der Waals surface area contributed by atoms with Gasteiger partial charge in [-0.3, -0.25) is 45.7 Å². The summed E-state index contributed by atoms with van der Waals surface area (Å²) >= 11 is 0. The molecule has 1 saturated carbocycles. The fraction of sp³-hybridized carbons (Fsp3) is 0.795. The first-order valence-corrected chi connectivity index (χ1v) is 23.6. The number of ether oxygens (including phenoxy) is 7. The molecular formula is C44H73N5O22. The first-order valence-electron chi connectivity index (χ1n) is 23.6. The summed E-state index contributed by atoms with van der Waals surface area (Å²) in [5.41, 5.74) is 8.64. The maximum atomic E-state index is 12.7. The van der Waals surface area contributed by atoms with Crippen LogP contribution in [0.2, 0.25) is 0 Å². The minimum atomic E-state index is -1.94. The van der Waals surface area contributed by atoms with Gasteiger partial charge in [-0.25, -0.2) is 0 Å². The molecule has 406 valence electrons. The van der Waals surface area contributed by atoms with Gasteiger partial charge in [0.2, 0.25) is 29.5 Å². The Morgan fingerprint density at radius 2 is 1.21 bits per heavy atom. The van der Waals surface area contributed by atoms with Gasteiger partial charge in [0.1, 0.15) is 73.6 Å². The van der Waals surface area contributed by atoms with Crippen LogP contribution in [0, 0.1) is 5.92 Å². The highest BCUT2D eigenvalue weighted by molar-refractivity contribution is 5.98. The quantitative estimate of drug-likeness (QED) is 0.0208. The Hall–Kier alpha value is -3.85. The zero-order valence-corrected chi connectivity index (χ0v) is 40.0. The molecule has 3 saturated heterocycles. The van der Waals surface area contributed by atoms with Gasteiger partial charge in [-0.15, -0.1) is 0 Å². The number of rotatable bonds is 22. The molecule has 71 heavy (non-hydrogen) atoms. The second-order valence-corrected chi connectivity index (χ2v) is 17.9. The highest BCUT2D eigenvalue weighted by atomic mass is 16.8. The van der Waals surface area contributed by atoms with E-state index in [-0.39, 0.29) is 25.9 Å². The summed E-state index contributed by atoms with van der Waals surface area (Å²) < 4.78 is 41.2. The van der Waals surface area contributed by atoms with Crippen LogP contribution in [0.4, 0.5) is 0 Å². The molecule has 0 radical (unpaired) electrons. The van der Waals surface area contributed by atoms with Gasteiger partial charge in [-0.05, 0) is 46.5 Å². The van der Waals surface area contributed by atoms with Gasteiger partial charge in [0.15, 0.2) is 18.9 Å². The van der Waals surface area contributed by atoms with E-state index in [0.717, 1.165) is 6.92 Å². The van der Waals surface area contributed by atoms with Gasteiger partial charge in [0.25, 0.3) is 0 Å². The predicted molar refractivity (Wildman–Crippen MR) is 238 cm³/mol. The fourth-order valence-electron chi connectivity index (χ4n) is 8.32. The standard InChI is InChI=1S/C44H73N5O22/c1-5-6-7-8-10-13-26(53)46-48-28(55)17-29(56)49-47-27(54)14-11-9-12-15-65-42-38(64)40(32(58)21(3)66-42)68-24-16-23(18-50)33(59)39(30(24)45-22(4)52)70-44-41(36(62)34(60)25(19-51)69-44)71-43-37(63)35(61)31(57)20(2)67-43/h5-8,20-21,23-25,30-44,50-51,57-64H,9-19H2,1-4H3,(H,45,52)(H,46,53)(H,47,54)(H,48,55)(H,49,56)/b6-5+,8-7+/t20?,21?,23-,24+,25?,30?,31+,32+,33-,34+,35-,36+,37?,38?,39?,40-,41?,42-,43+,44+/m1/s1. The molecule has 3 aliphatic heterocycles. The second-order valence-electron chi connectivity index (χ2n) is 17.9. The summed E-state index contributed by atoms with van der Waals surface area (Å²) in [4.78, 5) is 60.9. The molecule has 0 aromatic heterocycles. The molecule has 0 aromatic rings. The molecule has 8 unspecified atom stereocenters. The molecule has 4 fully saturated rings. The largest absolute Gasteiger partial charge is 0.396 e. The molecular weight excluding hydrogens is 950 g/mol. The zero-order chi connectivity index (χ0) is 52.5. The van der Waals surface area contributed by atoms with Gasteiger partial charge >= 0.3 is 0 Å². The summed E-state index contributed by atoms with van der Waals surface area (Å²) in [5, 5.41) is 111. The highest BCUT2D eigenvalue weighted by Gasteiger charge is 2.55. The predicted octanol–water partition coefficient (Wildman–Crippen LogP) is -5.70. The molecule has 4 rings (SSSR count). The molecule has 0 aromatic carbocycles. The normalized spacial score (nSPS) is 37.6. The third-order valence-corrected chi connectivity index (χ3v) is 12.4. The fourth-order valence-corrected chi connectivity index (χ4v) is 8.32. The van der Waals surface area contributed by atoms with Crippen LogP contribution in [-0.2, 0) is 57.1 Å². The molecule has 1 aliphatic carbocycles. The number of aliphatic hydroxyl groups excluding tert-OH is 10. The summed E-state index contributed by atoms with van der Waals surface area (Å²) in [7, 11) is 0. The van der Waals surface area contributed by atoms with E-state index in [0.29, 0.717) is 25.7 Å². The topological polar surface area (TPSA) is 412 Å². The Balaban J connectivity index is 1.32. The zero-order valence-electron chi connectivity index (χ0n) is 40.0. The third-order valence-electron chi connectivity index (χ3n) is 12.4. The Bertz CT molecular complexity index is 1770. The number of nitrogens with one attached hydrogen (secondary N) is 5. The van der Waals surface area contributed by atoms with Gasteiger partial charge in [-0.2, -0.15) is 0 Å². The summed E-state index contributed by atoms with van der Waals surface area (Å²) in [6, 6.07) is -1.37. The Morgan fingerprint density at radius 3 is 1.85 bits per heavy atom. The van der Waals surface area contributed by atoms with Crippen LogP contribution in [-0.4, -0.2) is 217 Å². The van der Waals surface area contributed by atoms with E-state index in [9.17, 15) is 75.0 Å². The number of hydrogen-bond acceptors (Lipinski definition) is 22. The number of carbonyl (C=O) groups excluding carboxylic acids is 5. The molecule has 4 aliphatic rings.